The topological polar surface area (TPSA) is 12.5 Å². The quantitative estimate of drug-likeness (QED) is 0.175. The van der Waals surface area contributed by atoms with Gasteiger partial charge in [0.05, 0.1) is 0 Å². The van der Waals surface area contributed by atoms with Gasteiger partial charge in [0.25, 0.3) is 0 Å². The highest BCUT2D eigenvalue weighted by atomic mass is 16.5. The number of ether oxygens (including phenoxy) is 1. The van der Waals surface area contributed by atoms with Crippen molar-refractivity contribution in [3.05, 3.63) is 211 Å². The van der Waals surface area contributed by atoms with E-state index in [1.807, 2.05) is 0 Å². The van der Waals surface area contributed by atoms with E-state index in [-0.39, 0.29) is 5.41 Å². The normalized spacial score (nSPS) is 13.0. The highest BCUT2D eigenvalue weighted by molar-refractivity contribution is 6.04. The molecule has 0 saturated carbocycles. The number of anilines is 3. The third kappa shape index (κ3) is 5.40. The minimum atomic E-state index is -0.130. The Kier molecular flexibility index (Phi) is 7.55. The van der Waals surface area contributed by atoms with Crippen LogP contribution in [0.15, 0.2) is 200 Å². The van der Waals surface area contributed by atoms with Crippen LogP contribution >= 0.6 is 0 Å². The van der Waals surface area contributed by atoms with Crippen LogP contribution in [0.3, 0.4) is 0 Å². The second-order valence-corrected chi connectivity index (χ2v) is 15.7. The van der Waals surface area contributed by atoms with Gasteiger partial charge in [-0.05, 0) is 127 Å². The fourth-order valence-electron chi connectivity index (χ4n) is 9.21. The van der Waals surface area contributed by atoms with E-state index in [1.54, 1.807) is 0 Å². The Morgan fingerprint density at radius 3 is 1.70 bits per heavy atom. The van der Waals surface area contributed by atoms with Crippen molar-refractivity contribution in [1.29, 1.82) is 0 Å². The van der Waals surface area contributed by atoms with Gasteiger partial charge in [-0.15, -0.1) is 0 Å². The first-order valence-electron chi connectivity index (χ1n) is 19.8. The van der Waals surface area contributed by atoms with Gasteiger partial charge >= 0.3 is 0 Å². The van der Waals surface area contributed by atoms with Crippen LogP contribution in [-0.2, 0) is 5.41 Å². The summed E-state index contributed by atoms with van der Waals surface area (Å²) in [6.07, 6.45) is 0. The molecular weight excluding hydrogens is 691 g/mol. The average Bonchev–Trinajstić information content (AvgIpc) is 3.40. The van der Waals surface area contributed by atoms with Gasteiger partial charge in [-0.2, -0.15) is 0 Å². The fraction of sp³-hybridized carbons (Fsp3) is 0.0545. The van der Waals surface area contributed by atoms with E-state index in [0.717, 1.165) is 61.9 Å². The van der Waals surface area contributed by atoms with E-state index in [1.165, 1.54) is 44.2 Å². The molecule has 1 aliphatic carbocycles. The van der Waals surface area contributed by atoms with Gasteiger partial charge in [-0.3, -0.25) is 0 Å². The van der Waals surface area contributed by atoms with Gasteiger partial charge in [0.1, 0.15) is 11.5 Å². The maximum absolute atomic E-state index is 6.99. The molecule has 0 aromatic heterocycles. The molecule has 270 valence electrons. The Balaban J connectivity index is 1.13. The van der Waals surface area contributed by atoms with E-state index >= 15 is 0 Å². The zero-order chi connectivity index (χ0) is 38.1. The zero-order valence-electron chi connectivity index (χ0n) is 31.9. The zero-order valence-corrected chi connectivity index (χ0v) is 31.9. The Labute approximate surface area is 333 Å². The summed E-state index contributed by atoms with van der Waals surface area (Å²) in [4.78, 5) is 2.41. The molecule has 0 saturated heterocycles. The molecule has 11 rings (SSSR count). The molecular formula is C55H39NO. The molecule has 9 aromatic carbocycles. The molecule has 9 aromatic rings. The van der Waals surface area contributed by atoms with Gasteiger partial charge in [0.15, 0.2) is 0 Å². The van der Waals surface area contributed by atoms with Crippen LogP contribution in [0.5, 0.6) is 11.5 Å². The first-order valence-corrected chi connectivity index (χ1v) is 19.8. The number of benzene rings is 9. The van der Waals surface area contributed by atoms with Crippen molar-refractivity contribution >= 4 is 27.8 Å². The summed E-state index contributed by atoms with van der Waals surface area (Å²) in [6.45, 7) is 4.70. The number of hydrogen-bond donors (Lipinski definition) is 0. The number of rotatable bonds is 5. The average molecular weight is 730 g/mol. The second kappa shape index (κ2) is 13.0. The summed E-state index contributed by atoms with van der Waals surface area (Å²) in [6, 6.07) is 72.6. The first kappa shape index (κ1) is 33.2. The molecule has 0 N–H and O–H groups in total. The summed E-state index contributed by atoms with van der Waals surface area (Å²) < 4.78 is 6.99. The smallest absolute Gasteiger partial charge is 0.135 e. The van der Waals surface area contributed by atoms with Crippen LogP contribution in [0.4, 0.5) is 17.1 Å². The molecule has 2 aliphatic rings. The third-order valence-corrected chi connectivity index (χ3v) is 12.1. The van der Waals surface area contributed by atoms with Crippen molar-refractivity contribution in [1.82, 2.24) is 0 Å². The largest absolute Gasteiger partial charge is 0.456 e. The van der Waals surface area contributed by atoms with E-state index in [0.29, 0.717) is 0 Å². The standard InChI is InChI=1S/C55H39NO/c1-55(2)50-22-12-11-20-45(50)46-30-28-43(35-51(46)55)56(41-26-24-37(25-27-41)36-14-5-3-6-15-36)42-29-31-52-48(34-42)47-32-39-18-9-10-19-40(39)33-49(47)54-44(21-13-23-53(54)57-52)38-16-7-4-8-17-38/h3-35H,1-2H3. The molecule has 57 heavy (non-hydrogen) atoms. The van der Waals surface area contributed by atoms with Crippen molar-refractivity contribution in [2.75, 3.05) is 4.90 Å². The molecule has 0 bridgehead atoms. The highest BCUT2D eigenvalue weighted by Crippen LogP contribution is 2.54. The van der Waals surface area contributed by atoms with Crippen LogP contribution in [0.2, 0.25) is 0 Å². The second-order valence-electron chi connectivity index (χ2n) is 15.7. The minimum absolute atomic E-state index is 0.130. The molecule has 0 fully saturated rings. The van der Waals surface area contributed by atoms with Gasteiger partial charge in [-0.25, -0.2) is 0 Å². The molecule has 2 nitrogen and oxygen atoms in total. The lowest BCUT2D eigenvalue weighted by atomic mass is 9.82. The summed E-state index contributed by atoms with van der Waals surface area (Å²) in [5.41, 5.74) is 17.7. The molecule has 2 heteroatoms. The van der Waals surface area contributed by atoms with Crippen molar-refractivity contribution in [2.45, 2.75) is 19.3 Å². The van der Waals surface area contributed by atoms with Crippen molar-refractivity contribution in [3.63, 3.8) is 0 Å². The van der Waals surface area contributed by atoms with Crippen molar-refractivity contribution in [3.8, 4) is 67.1 Å². The van der Waals surface area contributed by atoms with E-state index < -0.39 is 0 Å². The Bertz CT molecular complexity index is 3000. The van der Waals surface area contributed by atoms with Gasteiger partial charge in [-0.1, -0.05) is 153 Å². The summed E-state index contributed by atoms with van der Waals surface area (Å²) in [5, 5.41) is 2.40. The van der Waals surface area contributed by atoms with Crippen molar-refractivity contribution in [2.24, 2.45) is 0 Å². The molecule has 0 atom stereocenters. The summed E-state index contributed by atoms with van der Waals surface area (Å²) in [5.74, 6) is 1.69. The monoisotopic (exact) mass is 729 g/mol. The van der Waals surface area contributed by atoms with Crippen LogP contribution in [0.25, 0.3) is 66.4 Å². The maximum Gasteiger partial charge on any atom is 0.135 e. The molecule has 1 aliphatic heterocycles. The summed E-state index contributed by atoms with van der Waals surface area (Å²) in [7, 11) is 0. The molecule has 1 heterocycles. The Morgan fingerprint density at radius 2 is 0.930 bits per heavy atom. The maximum atomic E-state index is 6.99. The SMILES string of the molecule is CC1(C)c2ccccc2-c2ccc(N(c3ccc(-c4ccccc4)cc3)c3ccc4c(c3)-c3cc5ccccc5cc3-c3c(cccc3-c3ccccc3)O4)cc21. The molecule has 0 spiro atoms. The van der Waals surface area contributed by atoms with Gasteiger partial charge in [0, 0.05) is 33.6 Å². The lowest BCUT2D eigenvalue weighted by Gasteiger charge is -2.29. The number of nitrogens with zero attached hydrogens (tertiary/aromatic N) is 1. The van der Waals surface area contributed by atoms with Crippen LogP contribution in [0.1, 0.15) is 25.0 Å². The van der Waals surface area contributed by atoms with Gasteiger partial charge in [0.2, 0.25) is 0 Å². The number of fused-ring (bicyclic) bond motifs is 9. The Hall–Kier alpha value is -7.16. The lowest BCUT2D eigenvalue weighted by Crippen LogP contribution is -2.16. The van der Waals surface area contributed by atoms with Crippen molar-refractivity contribution < 1.29 is 4.74 Å². The van der Waals surface area contributed by atoms with Gasteiger partial charge < -0.3 is 9.64 Å². The third-order valence-electron chi connectivity index (χ3n) is 12.1. The molecule has 0 unspecified atom stereocenters. The number of hydrogen-bond acceptors (Lipinski definition) is 2. The predicted molar refractivity (Wildman–Crippen MR) is 238 cm³/mol. The molecule has 0 amide bonds. The fourth-order valence-corrected chi connectivity index (χ4v) is 9.21. The minimum Gasteiger partial charge on any atom is -0.456 e. The molecule has 0 radical (unpaired) electrons. The lowest BCUT2D eigenvalue weighted by molar-refractivity contribution is 0.488. The van der Waals surface area contributed by atoms with Crippen LogP contribution < -0.4 is 9.64 Å². The van der Waals surface area contributed by atoms with E-state index in [4.69, 9.17) is 4.74 Å². The highest BCUT2D eigenvalue weighted by Gasteiger charge is 2.36. The predicted octanol–water partition coefficient (Wildman–Crippen LogP) is 15.4. The van der Waals surface area contributed by atoms with Crippen LogP contribution in [-0.4, -0.2) is 0 Å². The first-order chi connectivity index (χ1) is 28.0. The van der Waals surface area contributed by atoms with E-state index in [2.05, 4.69) is 219 Å². The Morgan fingerprint density at radius 1 is 0.351 bits per heavy atom. The summed E-state index contributed by atoms with van der Waals surface area (Å²) >= 11 is 0. The van der Waals surface area contributed by atoms with Crippen LogP contribution in [0, 0.1) is 0 Å². The van der Waals surface area contributed by atoms with E-state index in [9.17, 15) is 0 Å².